The van der Waals surface area contributed by atoms with Crippen molar-refractivity contribution < 1.29 is 9.13 Å². The monoisotopic (exact) mass is 231 g/mol. The molecule has 0 aliphatic carbocycles. The molecule has 0 radical (unpaired) electrons. The van der Waals surface area contributed by atoms with Gasteiger partial charge in [-0.2, -0.15) is 0 Å². The molecule has 0 amide bonds. The largest absolute Gasteiger partial charge is 0.497 e. The molecule has 0 aliphatic heterocycles. The highest BCUT2D eigenvalue weighted by molar-refractivity contribution is 5.68. The molecule has 0 aliphatic rings. The molecule has 3 heteroatoms. The van der Waals surface area contributed by atoms with E-state index in [4.69, 9.17) is 10.5 Å². The number of halogens is 1. The Kier molecular flexibility index (Phi) is 3.40. The minimum Gasteiger partial charge on any atom is -0.497 e. The first-order chi connectivity index (χ1) is 8.24. The third-order valence-corrected chi connectivity index (χ3v) is 2.67. The van der Waals surface area contributed by atoms with Crippen molar-refractivity contribution in [3.05, 3.63) is 53.8 Å². The van der Waals surface area contributed by atoms with E-state index in [1.807, 2.05) is 24.3 Å². The van der Waals surface area contributed by atoms with Gasteiger partial charge in [-0.05, 0) is 41.0 Å². The van der Waals surface area contributed by atoms with Crippen LogP contribution >= 0.6 is 0 Å². The summed E-state index contributed by atoms with van der Waals surface area (Å²) in [6.07, 6.45) is 0. The van der Waals surface area contributed by atoms with Crippen LogP contribution in [0.5, 0.6) is 5.75 Å². The highest BCUT2D eigenvalue weighted by atomic mass is 19.1. The van der Waals surface area contributed by atoms with E-state index < -0.39 is 0 Å². The molecule has 0 spiro atoms. The first-order valence-electron chi connectivity index (χ1n) is 5.37. The normalized spacial score (nSPS) is 10.3. The van der Waals surface area contributed by atoms with Gasteiger partial charge in [0.1, 0.15) is 11.6 Å². The van der Waals surface area contributed by atoms with Crippen LogP contribution in [-0.2, 0) is 6.54 Å². The van der Waals surface area contributed by atoms with E-state index in [2.05, 4.69) is 0 Å². The Hall–Kier alpha value is -1.87. The van der Waals surface area contributed by atoms with Crippen LogP contribution in [0.2, 0.25) is 0 Å². The summed E-state index contributed by atoms with van der Waals surface area (Å²) in [6.45, 7) is 0.310. The fourth-order valence-corrected chi connectivity index (χ4v) is 1.80. The van der Waals surface area contributed by atoms with Gasteiger partial charge in [-0.25, -0.2) is 4.39 Å². The van der Waals surface area contributed by atoms with E-state index in [9.17, 15) is 4.39 Å². The van der Waals surface area contributed by atoms with E-state index in [1.54, 1.807) is 13.2 Å². The van der Waals surface area contributed by atoms with Gasteiger partial charge in [-0.1, -0.05) is 18.2 Å². The van der Waals surface area contributed by atoms with Crippen LogP contribution in [-0.4, -0.2) is 7.11 Å². The quantitative estimate of drug-likeness (QED) is 0.881. The minimum absolute atomic E-state index is 0.267. The molecule has 2 aromatic rings. The topological polar surface area (TPSA) is 35.2 Å². The van der Waals surface area contributed by atoms with Crippen molar-refractivity contribution in [2.45, 2.75) is 6.54 Å². The van der Waals surface area contributed by atoms with Gasteiger partial charge < -0.3 is 10.5 Å². The molecule has 0 bridgehead atoms. The molecule has 0 saturated carbocycles. The van der Waals surface area contributed by atoms with Crippen molar-refractivity contribution in [2.75, 3.05) is 7.11 Å². The maximum Gasteiger partial charge on any atom is 0.123 e. The number of hydrogen-bond donors (Lipinski definition) is 1. The number of ether oxygens (including phenoxy) is 1. The SMILES string of the molecule is COc1cccc(-c2ccc(F)cc2CN)c1. The predicted octanol–water partition coefficient (Wildman–Crippen LogP) is 2.96. The second-order valence-corrected chi connectivity index (χ2v) is 3.74. The maximum absolute atomic E-state index is 13.1. The summed E-state index contributed by atoms with van der Waals surface area (Å²) in [5.74, 6) is 0.506. The fourth-order valence-electron chi connectivity index (χ4n) is 1.80. The number of rotatable bonds is 3. The molecular formula is C14H14FNO. The van der Waals surface area contributed by atoms with Gasteiger partial charge in [0.2, 0.25) is 0 Å². The molecule has 0 atom stereocenters. The molecule has 0 aromatic heterocycles. The van der Waals surface area contributed by atoms with Crippen LogP contribution in [0.4, 0.5) is 4.39 Å². The number of benzene rings is 2. The molecule has 0 unspecified atom stereocenters. The summed E-state index contributed by atoms with van der Waals surface area (Å²) in [5, 5.41) is 0. The lowest BCUT2D eigenvalue weighted by Gasteiger charge is -2.09. The summed E-state index contributed by atoms with van der Waals surface area (Å²) in [5.41, 5.74) is 8.33. The van der Waals surface area contributed by atoms with Crippen molar-refractivity contribution in [1.29, 1.82) is 0 Å². The Labute approximate surface area is 99.8 Å². The van der Waals surface area contributed by atoms with E-state index in [-0.39, 0.29) is 5.82 Å². The van der Waals surface area contributed by atoms with Crippen LogP contribution in [0.15, 0.2) is 42.5 Å². The van der Waals surface area contributed by atoms with Gasteiger partial charge in [-0.15, -0.1) is 0 Å². The van der Waals surface area contributed by atoms with E-state index >= 15 is 0 Å². The second kappa shape index (κ2) is 4.97. The van der Waals surface area contributed by atoms with E-state index in [0.717, 1.165) is 22.4 Å². The lowest BCUT2D eigenvalue weighted by Crippen LogP contribution is -1.99. The third kappa shape index (κ3) is 2.45. The van der Waals surface area contributed by atoms with Crippen molar-refractivity contribution in [1.82, 2.24) is 0 Å². The third-order valence-electron chi connectivity index (χ3n) is 2.67. The average Bonchev–Trinajstić information content (AvgIpc) is 2.38. The van der Waals surface area contributed by atoms with Crippen LogP contribution in [0, 0.1) is 5.82 Å². The van der Waals surface area contributed by atoms with Crippen LogP contribution in [0.1, 0.15) is 5.56 Å². The number of methoxy groups -OCH3 is 1. The molecule has 0 saturated heterocycles. The van der Waals surface area contributed by atoms with Gasteiger partial charge in [0.25, 0.3) is 0 Å². The maximum atomic E-state index is 13.1. The Bertz CT molecular complexity index is 525. The predicted molar refractivity (Wildman–Crippen MR) is 66.3 cm³/mol. The van der Waals surface area contributed by atoms with Gasteiger partial charge in [0.05, 0.1) is 7.11 Å². The van der Waals surface area contributed by atoms with Crippen LogP contribution < -0.4 is 10.5 Å². The first-order valence-corrected chi connectivity index (χ1v) is 5.37. The lowest BCUT2D eigenvalue weighted by atomic mass is 9.99. The Morgan fingerprint density at radius 3 is 2.71 bits per heavy atom. The van der Waals surface area contributed by atoms with E-state index in [1.165, 1.54) is 12.1 Å². The first kappa shape index (κ1) is 11.6. The fraction of sp³-hybridized carbons (Fsp3) is 0.143. The van der Waals surface area contributed by atoms with Gasteiger partial charge in [0, 0.05) is 6.54 Å². The zero-order chi connectivity index (χ0) is 12.3. The highest BCUT2D eigenvalue weighted by Crippen LogP contribution is 2.27. The molecule has 0 fully saturated rings. The standard InChI is InChI=1S/C14H14FNO/c1-17-13-4-2-3-10(8-13)14-6-5-12(15)7-11(14)9-16/h2-8H,9,16H2,1H3. The number of hydrogen-bond acceptors (Lipinski definition) is 2. The average molecular weight is 231 g/mol. The number of nitrogens with two attached hydrogens (primary N) is 1. The molecule has 2 aromatic carbocycles. The van der Waals surface area contributed by atoms with Crippen molar-refractivity contribution in [3.8, 4) is 16.9 Å². The zero-order valence-electron chi connectivity index (χ0n) is 9.61. The summed E-state index contributed by atoms with van der Waals surface area (Å²) in [7, 11) is 1.62. The van der Waals surface area contributed by atoms with E-state index in [0.29, 0.717) is 6.54 Å². The second-order valence-electron chi connectivity index (χ2n) is 3.74. The minimum atomic E-state index is -0.267. The highest BCUT2D eigenvalue weighted by Gasteiger charge is 2.06. The van der Waals surface area contributed by atoms with Gasteiger partial charge in [-0.3, -0.25) is 0 Å². The molecule has 17 heavy (non-hydrogen) atoms. The molecule has 2 rings (SSSR count). The summed E-state index contributed by atoms with van der Waals surface area (Å²) in [6, 6.07) is 12.3. The lowest BCUT2D eigenvalue weighted by molar-refractivity contribution is 0.415. The van der Waals surface area contributed by atoms with Crippen molar-refractivity contribution in [3.63, 3.8) is 0 Å². The molecule has 2 N–H and O–H groups in total. The molecular weight excluding hydrogens is 217 g/mol. The van der Waals surface area contributed by atoms with Gasteiger partial charge in [0.15, 0.2) is 0 Å². The Morgan fingerprint density at radius 2 is 2.00 bits per heavy atom. The smallest absolute Gasteiger partial charge is 0.123 e. The van der Waals surface area contributed by atoms with Crippen LogP contribution in [0.3, 0.4) is 0 Å². The van der Waals surface area contributed by atoms with Crippen molar-refractivity contribution in [2.24, 2.45) is 5.73 Å². The Morgan fingerprint density at radius 1 is 1.18 bits per heavy atom. The van der Waals surface area contributed by atoms with Crippen LogP contribution in [0.25, 0.3) is 11.1 Å². The summed E-state index contributed by atoms with van der Waals surface area (Å²) >= 11 is 0. The van der Waals surface area contributed by atoms with Crippen molar-refractivity contribution >= 4 is 0 Å². The van der Waals surface area contributed by atoms with Gasteiger partial charge >= 0.3 is 0 Å². The zero-order valence-corrected chi connectivity index (χ0v) is 9.61. The molecule has 88 valence electrons. The molecule has 0 heterocycles. The summed E-state index contributed by atoms with van der Waals surface area (Å²) < 4.78 is 18.3. The molecule has 2 nitrogen and oxygen atoms in total. The Balaban J connectivity index is 2.51. The summed E-state index contributed by atoms with van der Waals surface area (Å²) in [4.78, 5) is 0.